The molecule has 2 rings (SSSR count). The number of carbonyl (C=O) groups is 3. The van der Waals surface area contributed by atoms with Gasteiger partial charge in [-0.25, -0.2) is 4.79 Å². The summed E-state index contributed by atoms with van der Waals surface area (Å²) in [5, 5.41) is 10.4. The summed E-state index contributed by atoms with van der Waals surface area (Å²) in [4.78, 5) is 37.2. The highest BCUT2D eigenvalue weighted by molar-refractivity contribution is 6.06. The minimum absolute atomic E-state index is 0.170. The fourth-order valence-corrected chi connectivity index (χ4v) is 3.31. The van der Waals surface area contributed by atoms with E-state index in [1.54, 1.807) is 19.9 Å². The van der Waals surface area contributed by atoms with Crippen molar-refractivity contribution in [1.82, 2.24) is 0 Å². The molecule has 0 aromatic carbocycles. The molecule has 5 nitrogen and oxygen atoms in total. The first-order chi connectivity index (χ1) is 11.6. The molecule has 25 heavy (non-hydrogen) atoms. The molecule has 0 amide bonds. The fraction of sp³-hybridized carbons (Fsp3) is 0.450. The molecule has 4 unspecified atom stereocenters. The maximum Gasteiger partial charge on any atom is 0.334 e. The Labute approximate surface area is 147 Å². The van der Waals surface area contributed by atoms with Crippen LogP contribution in [-0.2, 0) is 19.1 Å². The van der Waals surface area contributed by atoms with E-state index in [-0.39, 0.29) is 11.4 Å². The van der Waals surface area contributed by atoms with E-state index in [1.165, 1.54) is 13.0 Å². The molecule has 1 heterocycles. The Kier molecular flexibility index (Phi) is 5.58. The van der Waals surface area contributed by atoms with Crippen LogP contribution >= 0.6 is 0 Å². The van der Waals surface area contributed by atoms with Gasteiger partial charge in [-0.05, 0) is 51.3 Å². The third kappa shape index (κ3) is 3.87. The zero-order chi connectivity index (χ0) is 18.9. The Morgan fingerprint density at radius 2 is 1.84 bits per heavy atom. The molecule has 0 spiro atoms. The predicted octanol–water partition coefficient (Wildman–Crippen LogP) is 2.46. The summed E-state index contributed by atoms with van der Waals surface area (Å²) in [6, 6.07) is 0. The summed E-state index contributed by atoms with van der Waals surface area (Å²) in [5.41, 5.74) is 1.83. The molecule has 0 aromatic rings. The van der Waals surface area contributed by atoms with E-state index >= 15 is 0 Å². The number of aliphatic hydroxyl groups is 1. The Hall–Kier alpha value is -2.27. The van der Waals surface area contributed by atoms with Crippen LogP contribution in [0.15, 0.2) is 47.6 Å². The number of allylic oxidation sites excluding steroid dienone is 1. The first-order valence-corrected chi connectivity index (χ1v) is 8.30. The van der Waals surface area contributed by atoms with E-state index in [0.29, 0.717) is 29.6 Å². The summed E-state index contributed by atoms with van der Waals surface area (Å²) < 4.78 is 5.35. The van der Waals surface area contributed by atoms with Crippen molar-refractivity contribution < 1.29 is 24.2 Å². The van der Waals surface area contributed by atoms with Crippen LogP contribution in [0.4, 0.5) is 0 Å². The molecule has 1 aliphatic heterocycles. The number of esters is 1. The highest BCUT2D eigenvalue weighted by Crippen LogP contribution is 2.32. The van der Waals surface area contributed by atoms with Crippen LogP contribution in [0.3, 0.4) is 0 Å². The number of fused-ring (bicyclic) bond motifs is 1. The molecule has 4 atom stereocenters. The van der Waals surface area contributed by atoms with Crippen molar-refractivity contribution in [3.05, 3.63) is 47.6 Å². The van der Waals surface area contributed by atoms with E-state index in [1.807, 2.05) is 0 Å². The molecule has 0 radical (unpaired) electrons. The van der Waals surface area contributed by atoms with Gasteiger partial charge in [0.25, 0.3) is 0 Å². The highest BCUT2D eigenvalue weighted by Gasteiger charge is 2.37. The minimum atomic E-state index is -1.29. The quantitative estimate of drug-likeness (QED) is 0.615. The highest BCUT2D eigenvalue weighted by atomic mass is 16.5. The first kappa shape index (κ1) is 19.1. The topological polar surface area (TPSA) is 80.7 Å². The lowest BCUT2D eigenvalue weighted by molar-refractivity contribution is -0.142. The number of aliphatic hydroxyl groups excluding tert-OH is 1. The third-order valence-corrected chi connectivity index (χ3v) is 4.79. The van der Waals surface area contributed by atoms with Crippen LogP contribution in [0.25, 0.3) is 0 Å². The molecular formula is C20H24O5. The Morgan fingerprint density at radius 1 is 1.20 bits per heavy atom. The third-order valence-electron chi connectivity index (χ3n) is 4.79. The number of ketones is 2. The molecule has 1 N–H and O–H groups in total. The second-order valence-electron chi connectivity index (χ2n) is 6.92. The average Bonchev–Trinajstić information content (AvgIpc) is 2.85. The van der Waals surface area contributed by atoms with E-state index in [2.05, 4.69) is 13.2 Å². The minimum Gasteiger partial charge on any atom is -0.454 e. The lowest BCUT2D eigenvalue weighted by atomic mass is 9.83. The van der Waals surface area contributed by atoms with Crippen molar-refractivity contribution in [2.75, 3.05) is 0 Å². The van der Waals surface area contributed by atoms with Crippen LogP contribution in [0.1, 0.15) is 33.6 Å². The summed E-state index contributed by atoms with van der Waals surface area (Å²) in [6.07, 6.45) is 1.61. The normalized spacial score (nSPS) is 30.6. The Bertz CT molecular complexity index is 710. The lowest BCUT2D eigenvalue weighted by Gasteiger charge is -2.23. The number of carbonyl (C=O) groups excluding carboxylic acids is 3. The van der Waals surface area contributed by atoms with Gasteiger partial charge < -0.3 is 9.84 Å². The average molecular weight is 344 g/mol. The SMILES string of the molecule is C=C(C)C1CCC2=CC(OC2=O)C(C(=C)C)C(=O)C=C(C)C(=O)C1O. The van der Waals surface area contributed by atoms with Crippen molar-refractivity contribution in [1.29, 1.82) is 0 Å². The molecule has 1 aliphatic carbocycles. The number of ether oxygens (including phenoxy) is 1. The number of hydrogen-bond acceptors (Lipinski definition) is 5. The van der Waals surface area contributed by atoms with Gasteiger partial charge in [0.2, 0.25) is 0 Å². The van der Waals surface area contributed by atoms with E-state index < -0.39 is 35.8 Å². The zero-order valence-corrected chi connectivity index (χ0v) is 14.9. The molecule has 5 heteroatoms. The molecule has 0 fully saturated rings. The van der Waals surface area contributed by atoms with Crippen molar-refractivity contribution in [2.24, 2.45) is 11.8 Å². The van der Waals surface area contributed by atoms with Gasteiger partial charge in [0.05, 0.1) is 5.92 Å². The summed E-state index contributed by atoms with van der Waals surface area (Å²) in [6.45, 7) is 12.6. The zero-order valence-electron chi connectivity index (χ0n) is 14.9. The van der Waals surface area contributed by atoms with Gasteiger partial charge >= 0.3 is 5.97 Å². The predicted molar refractivity (Wildman–Crippen MR) is 93.6 cm³/mol. The van der Waals surface area contributed by atoms with Crippen LogP contribution in [0.2, 0.25) is 0 Å². The molecule has 2 bridgehead atoms. The second kappa shape index (κ2) is 7.31. The van der Waals surface area contributed by atoms with Crippen molar-refractivity contribution >= 4 is 17.5 Å². The maximum atomic E-state index is 12.6. The van der Waals surface area contributed by atoms with Crippen molar-refractivity contribution in [3.63, 3.8) is 0 Å². The standard InChI is InChI=1S/C20H24O5/c1-10(2)14-7-6-13-9-16(25-20(13)24)17(11(3)4)15(21)8-12(5)18(22)19(14)23/h8-9,14,16-17,19,23H,1,3,6-7H2,2,4-5H3. The van der Waals surface area contributed by atoms with Crippen molar-refractivity contribution in [3.8, 4) is 0 Å². The summed E-state index contributed by atoms with van der Waals surface area (Å²) in [7, 11) is 0. The Morgan fingerprint density at radius 3 is 2.40 bits per heavy atom. The molecule has 0 saturated heterocycles. The molecular weight excluding hydrogens is 320 g/mol. The van der Waals surface area contributed by atoms with Crippen LogP contribution in [0.5, 0.6) is 0 Å². The van der Waals surface area contributed by atoms with Crippen molar-refractivity contribution in [2.45, 2.75) is 45.8 Å². The van der Waals surface area contributed by atoms with Gasteiger partial charge in [-0.2, -0.15) is 0 Å². The van der Waals surface area contributed by atoms with E-state index in [9.17, 15) is 19.5 Å². The molecule has 2 aliphatic rings. The lowest BCUT2D eigenvalue weighted by Crippen LogP contribution is -2.32. The van der Waals surface area contributed by atoms with Crippen LogP contribution in [0, 0.1) is 11.8 Å². The molecule has 0 aromatic heterocycles. The maximum absolute atomic E-state index is 12.6. The van der Waals surface area contributed by atoms with Gasteiger partial charge in [0.1, 0.15) is 12.2 Å². The summed E-state index contributed by atoms with van der Waals surface area (Å²) in [5.74, 6) is -2.57. The number of rotatable bonds is 2. The molecule has 0 saturated carbocycles. The monoisotopic (exact) mass is 344 g/mol. The fourth-order valence-electron chi connectivity index (χ4n) is 3.31. The van der Waals surface area contributed by atoms with E-state index in [4.69, 9.17) is 4.74 Å². The van der Waals surface area contributed by atoms with Gasteiger partial charge in [-0.3, -0.25) is 9.59 Å². The Balaban J connectivity index is 2.50. The van der Waals surface area contributed by atoms with Crippen LogP contribution < -0.4 is 0 Å². The smallest absolute Gasteiger partial charge is 0.334 e. The molecule has 134 valence electrons. The van der Waals surface area contributed by atoms with Crippen LogP contribution in [-0.4, -0.2) is 34.9 Å². The first-order valence-electron chi connectivity index (χ1n) is 8.30. The van der Waals surface area contributed by atoms with Gasteiger partial charge in [-0.1, -0.05) is 24.3 Å². The van der Waals surface area contributed by atoms with Gasteiger partial charge in [0.15, 0.2) is 11.6 Å². The van der Waals surface area contributed by atoms with E-state index in [0.717, 1.165) is 0 Å². The van der Waals surface area contributed by atoms with Gasteiger partial charge in [-0.15, -0.1) is 0 Å². The second-order valence-corrected chi connectivity index (χ2v) is 6.92. The summed E-state index contributed by atoms with van der Waals surface area (Å²) >= 11 is 0. The number of Topliss-reactive ketones (excluding diaryl/α,β-unsaturated/α-hetero) is 1. The largest absolute Gasteiger partial charge is 0.454 e. The van der Waals surface area contributed by atoms with Gasteiger partial charge in [0, 0.05) is 11.5 Å². The number of hydrogen-bond donors (Lipinski definition) is 1.